The molecule has 0 unspecified atom stereocenters. The van der Waals surface area contributed by atoms with Crippen LogP contribution < -0.4 is 10.6 Å². The molecular weight excluding hydrogens is 318 g/mol. The number of hydrogen-bond donors (Lipinski definition) is 2. The first kappa shape index (κ1) is 16.4. The molecule has 2 aromatic carbocycles. The highest BCUT2D eigenvalue weighted by Gasteiger charge is 2.14. The quantitative estimate of drug-likeness (QED) is 0.693. The first-order chi connectivity index (χ1) is 12.2. The molecule has 0 saturated heterocycles. The Morgan fingerprint density at radius 1 is 0.920 bits per heavy atom. The van der Waals surface area contributed by atoms with Crippen molar-refractivity contribution in [1.29, 1.82) is 0 Å². The molecule has 0 aliphatic carbocycles. The third-order valence-electron chi connectivity index (χ3n) is 3.59. The topological polar surface area (TPSA) is 88.9 Å². The molecule has 7 nitrogen and oxygen atoms in total. The van der Waals surface area contributed by atoms with Crippen LogP contribution in [-0.2, 0) is 22.7 Å². The first-order valence-corrected chi connectivity index (χ1v) is 7.76. The van der Waals surface area contributed by atoms with Crippen LogP contribution in [0.4, 0.5) is 5.69 Å². The third-order valence-corrected chi connectivity index (χ3v) is 3.59. The number of para-hydroxylation sites is 1. The lowest BCUT2D eigenvalue weighted by atomic mass is 10.1. The van der Waals surface area contributed by atoms with E-state index in [0.717, 1.165) is 11.1 Å². The molecule has 25 heavy (non-hydrogen) atoms. The second-order valence-electron chi connectivity index (χ2n) is 5.36. The van der Waals surface area contributed by atoms with Gasteiger partial charge >= 0.3 is 11.8 Å². The maximum absolute atomic E-state index is 12.0. The van der Waals surface area contributed by atoms with Gasteiger partial charge in [0, 0.05) is 12.2 Å². The van der Waals surface area contributed by atoms with Crippen molar-refractivity contribution in [1.82, 2.24) is 20.1 Å². The van der Waals surface area contributed by atoms with Gasteiger partial charge < -0.3 is 10.6 Å². The summed E-state index contributed by atoms with van der Waals surface area (Å²) < 4.78 is 1.70. The minimum Gasteiger partial charge on any atom is -0.344 e. The summed E-state index contributed by atoms with van der Waals surface area (Å²) in [6.07, 6.45) is 3.10. The normalized spacial score (nSPS) is 10.2. The molecule has 0 saturated carbocycles. The molecule has 2 amide bonds. The van der Waals surface area contributed by atoms with Crippen molar-refractivity contribution in [3.8, 4) is 0 Å². The summed E-state index contributed by atoms with van der Waals surface area (Å²) in [6.45, 7) is 0.800. The lowest BCUT2D eigenvalue weighted by molar-refractivity contribution is -0.136. The lowest BCUT2D eigenvalue weighted by Gasteiger charge is -2.11. The van der Waals surface area contributed by atoms with Crippen LogP contribution in [0.3, 0.4) is 0 Å². The van der Waals surface area contributed by atoms with Crippen LogP contribution in [0.1, 0.15) is 11.1 Å². The third kappa shape index (κ3) is 4.51. The Kier molecular flexibility index (Phi) is 5.16. The van der Waals surface area contributed by atoms with E-state index in [0.29, 0.717) is 12.2 Å². The fourth-order valence-electron chi connectivity index (χ4n) is 2.34. The Morgan fingerprint density at radius 3 is 2.36 bits per heavy atom. The highest BCUT2D eigenvalue weighted by atomic mass is 16.2. The van der Waals surface area contributed by atoms with Crippen LogP contribution in [0.25, 0.3) is 0 Å². The molecular formula is C18H17N5O2. The van der Waals surface area contributed by atoms with Gasteiger partial charge in [-0.25, -0.2) is 9.67 Å². The van der Waals surface area contributed by atoms with Crippen molar-refractivity contribution < 1.29 is 9.59 Å². The Morgan fingerprint density at radius 2 is 1.64 bits per heavy atom. The number of nitrogens with zero attached hydrogens (tertiary/aromatic N) is 3. The number of carbonyl (C=O) groups excluding carboxylic acids is 2. The number of hydrogen-bond acceptors (Lipinski definition) is 4. The van der Waals surface area contributed by atoms with Gasteiger partial charge in [0.1, 0.15) is 12.7 Å². The molecule has 126 valence electrons. The molecule has 0 spiro atoms. The first-order valence-electron chi connectivity index (χ1n) is 7.76. The largest absolute Gasteiger partial charge is 0.344 e. The highest BCUT2D eigenvalue weighted by molar-refractivity contribution is 6.39. The molecule has 0 fully saturated rings. The number of nitrogens with one attached hydrogen (secondary N) is 2. The second kappa shape index (κ2) is 7.87. The van der Waals surface area contributed by atoms with Gasteiger partial charge in [-0.3, -0.25) is 9.59 Å². The van der Waals surface area contributed by atoms with Crippen molar-refractivity contribution in [3.63, 3.8) is 0 Å². The Hall–Kier alpha value is -3.48. The van der Waals surface area contributed by atoms with E-state index >= 15 is 0 Å². The van der Waals surface area contributed by atoms with Crippen molar-refractivity contribution in [2.75, 3.05) is 5.32 Å². The lowest BCUT2D eigenvalue weighted by Crippen LogP contribution is -2.35. The van der Waals surface area contributed by atoms with E-state index in [1.165, 1.54) is 6.33 Å². The zero-order valence-electron chi connectivity index (χ0n) is 13.4. The van der Waals surface area contributed by atoms with Crippen molar-refractivity contribution >= 4 is 17.5 Å². The molecule has 2 N–H and O–H groups in total. The van der Waals surface area contributed by atoms with Crippen LogP contribution in [0, 0.1) is 0 Å². The molecule has 0 bridgehead atoms. The van der Waals surface area contributed by atoms with Gasteiger partial charge in [-0.2, -0.15) is 5.10 Å². The number of aromatic nitrogens is 3. The molecule has 3 rings (SSSR count). The van der Waals surface area contributed by atoms with Crippen molar-refractivity contribution in [2.24, 2.45) is 0 Å². The molecule has 1 aromatic heterocycles. The van der Waals surface area contributed by atoms with Gasteiger partial charge in [-0.15, -0.1) is 0 Å². The SMILES string of the molecule is O=C(NCc1ccccc1Cn1cncn1)C(=O)Nc1ccccc1. The summed E-state index contributed by atoms with van der Waals surface area (Å²) in [5, 5.41) is 9.28. The van der Waals surface area contributed by atoms with E-state index in [4.69, 9.17) is 0 Å². The van der Waals surface area contributed by atoms with E-state index in [1.54, 1.807) is 35.3 Å². The monoisotopic (exact) mass is 335 g/mol. The maximum Gasteiger partial charge on any atom is 0.313 e. The fraction of sp³-hybridized carbons (Fsp3) is 0.111. The number of rotatable bonds is 5. The van der Waals surface area contributed by atoms with Gasteiger partial charge in [0.25, 0.3) is 0 Å². The van der Waals surface area contributed by atoms with E-state index < -0.39 is 11.8 Å². The average molecular weight is 335 g/mol. The van der Waals surface area contributed by atoms with Gasteiger partial charge in [0.2, 0.25) is 0 Å². The Balaban J connectivity index is 1.59. The molecule has 1 heterocycles. The fourth-order valence-corrected chi connectivity index (χ4v) is 2.34. The summed E-state index contributed by atoms with van der Waals surface area (Å²) in [5.41, 5.74) is 2.49. The summed E-state index contributed by atoms with van der Waals surface area (Å²) in [7, 11) is 0. The predicted molar refractivity (Wildman–Crippen MR) is 92.5 cm³/mol. The predicted octanol–water partition coefficient (Wildman–Crippen LogP) is 1.58. The standard InChI is InChI=1S/C18H17N5O2/c24-17(18(25)22-16-8-2-1-3-9-16)20-10-14-6-4-5-7-15(14)11-23-13-19-12-21-23/h1-9,12-13H,10-11H2,(H,20,24)(H,22,25). The molecule has 0 aliphatic heterocycles. The molecule has 7 heteroatoms. The molecule has 0 radical (unpaired) electrons. The highest BCUT2D eigenvalue weighted by Crippen LogP contribution is 2.10. The summed E-state index contributed by atoms with van der Waals surface area (Å²) in [5.74, 6) is -1.38. The molecule has 0 atom stereocenters. The van der Waals surface area contributed by atoms with E-state index in [2.05, 4.69) is 20.7 Å². The van der Waals surface area contributed by atoms with Crippen molar-refractivity contribution in [3.05, 3.63) is 78.4 Å². The minimum atomic E-state index is -0.694. The summed E-state index contributed by atoms with van der Waals surface area (Å²) >= 11 is 0. The number of benzene rings is 2. The van der Waals surface area contributed by atoms with Gasteiger partial charge in [-0.1, -0.05) is 42.5 Å². The van der Waals surface area contributed by atoms with Crippen LogP contribution in [0.2, 0.25) is 0 Å². The van der Waals surface area contributed by atoms with E-state index in [9.17, 15) is 9.59 Å². The Bertz CT molecular complexity index is 847. The van der Waals surface area contributed by atoms with Gasteiger partial charge in [0.15, 0.2) is 0 Å². The van der Waals surface area contributed by atoms with Crippen LogP contribution >= 0.6 is 0 Å². The van der Waals surface area contributed by atoms with Crippen LogP contribution in [-0.4, -0.2) is 26.6 Å². The number of carbonyl (C=O) groups is 2. The van der Waals surface area contributed by atoms with Gasteiger partial charge in [0.05, 0.1) is 6.54 Å². The zero-order chi connectivity index (χ0) is 17.5. The maximum atomic E-state index is 12.0. The zero-order valence-corrected chi connectivity index (χ0v) is 13.4. The second-order valence-corrected chi connectivity index (χ2v) is 5.36. The average Bonchev–Trinajstić information content (AvgIpc) is 3.14. The molecule has 0 aliphatic rings. The van der Waals surface area contributed by atoms with Crippen molar-refractivity contribution in [2.45, 2.75) is 13.1 Å². The summed E-state index contributed by atoms with van der Waals surface area (Å²) in [4.78, 5) is 27.8. The number of anilines is 1. The Labute approximate surface area is 144 Å². The van der Waals surface area contributed by atoms with Crippen LogP contribution in [0.5, 0.6) is 0 Å². The van der Waals surface area contributed by atoms with E-state index in [1.807, 2.05) is 30.3 Å². The summed E-state index contributed by atoms with van der Waals surface area (Å²) in [6, 6.07) is 16.5. The van der Waals surface area contributed by atoms with Gasteiger partial charge in [-0.05, 0) is 23.3 Å². The van der Waals surface area contributed by atoms with Crippen LogP contribution in [0.15, 0.2) is 67.3 Å². The smallest absolute Gasteiger partial charge is 0.313 e. The minimum absolute atomic E-state index is 0.256. The molecule has 3 aromatic rings. The van der Waals surface area contributed by atoms with E-state index in [-0.39, 0.29) is 6.54 Å². The number of amides is 2.